The number of hydrogen-bond acceptors (Lipinski definition) is 3. The molecule has 0 aromatic heterocycles. The Morgan fingerprint density at radius 1 is 1.08 bits per heavy atom. The molecule has 0 saturated heterocycles. The van der Waals surface area contributed by atoms with E-state index in [2.05, 4.69) is 18.8 Å². The summed E-state index contributed by atoms with van der Waals surface area (Å²) in [5, 5.41) is 0. The minimum absolute atomic E-state index is 0.223. The van der Waals surface area contributed by atoms with Crippen LogP contribution in [0.1, 0.15) is 47.7 Å². The zero-order valence-electron chi connectivity index (χ0n) is 14.2. The topological polar surface area (TPSA) is 35.5 Å². The van der Waals surface area contributed by atoms with Crippen molar-refractivity contribution in [3.8, 4) is 17.6 Å². The zero-order chi connectivity index (χ0) is 17.2. The fourth-order valence-corrected chi connectivity index (χ4v) is 2.14. The first-order chi connectivity index (χ1) is 11.7. The van der Waals surface area contributed by atoms with Crippen LogP contribution in [0.5, 0.6) is 5.75 Å². The molecule has 124 valence electrons. The maximum absolute atomic E-state index is 12.3. The van der Waals surface area contributed by atoms with E-state index in [9.17, 15) is 4.79 Å². The predicted molar refractivity (Wildman–Crippen MR) is 95.0 cm³/mol. The fourth-order valence-electron chi connectivity index (χ4n) is 2.14. The highest BCUT2D eigenvalue weighted by Crippen LogP contribution is 2.14. The van der Waals surface area contributed by atoms with Crippen molar-refractivity contribution in [2.75, 3.05) is 7.11 Å². The summed E-state index contributed by atoms with van der Waals surface area (Å²) in [7, 11) is 1.62. The summed E-state index contributed by atoms with van der Waals surface area (Å²) in [5.74, 6) is 6.61. The molecule has 0 aliphatic rings. The van der Waals surface area contributed by atoms with Crippen LogP contribution in [0.25, 0.3) is 0 Å². The first-order valence-corrected chi connectivity index (χ1v) is 8.12. The molecule has 0 aliphatic heterocycles. The van der Waals surface area contributed by atoms with Crippen LogP contribution in [0.2, 0.25) is 0 Å². The van der Waals surface area contributed by atoms with Gasteiger partial charge in [0.2, 0.25) is 0 Å². The third kappa shape index (κ3) is 5.17. The molecule has 0 atom stereocenters. The normalized spacial score (nSPS) is 9.75. The Morgan fingerprint density at radius 2 is 1.83 bits per heavy atom. The average Bonchev–Trinajstić information content (AvgIpc) is 2.64. The Bertz CT molecular complexity index is 721. The minimum Gasteiger partial charge on any atom is -0.497 e. The van der Waals surface area contributed by atoms with Gasteiger partial charge < -0.3 is 9.47 Å². The number of carbonyl (C=O) groups excluding carboxylic acids is 1. The molecule has 0 N–H and O–H groups in total. The molecular weight excluding hydrogens is 300 g/mol. The molecule has 0 amide bonds. The summed E-state index contributed by atoms with van der Waals surface area (Å²) in [6, 6.07) is 14.7. The monoisotopic (exact) mass is 322 g/mol. The number of rotatable bonds is 6. The van der Waals surface area contributed by atoms with Crippen molar-refractivity contribution < 1.29 is 14.3 Å². The van der Waals surface area contributed by atoms with Crippen LogP contribution in [-0.4, -0.2) is 13.1 Å². The fraction of sp³-hybridized carbons (Fsp3) is 0.286. The van der Waals surface area contributed by atoms with E-state index in [0.29, 0.717) is 11.1 Å². The van der Waals surface area contributed by atoms with Gasteiger partial charge in [0.15, 0.2) is 0 Å². The van der Waals surface area contributed by atoms with Gasteiger partial charge in [-0.1, -0.05) is 49.5 Å². The lowest BCUT2D eigenvalue weighted by molar-refractivity contribution is 0.0472. The second-order valence-corrected chi connectivity index (χ2v) is 5.38. The molecule has 0 heterocycles. The number of ether oxygens (including phenoxy) is 2. The molecule has 3 heteroatoms. The van der Waals surface area contributed by atoms with Gasteiger partial charge in [0, 0.05) is 12.0 Å². The van der Waals surface area contributed by atoms with Crippen LogP contribution in [-0.2, 0) is 11.3 Å². The molecule has 24 heavy (non-hydrogen) atoms. The van der Waals surface area contributed by atoms with Gasteiger partial charge in [0.25, 0.3) is 0 Å². The molecule has 0 unspecified atom stereocenters. The van der Waals surface area contributed by atoms with Gasteiger partial charge in [-0.2, -0.15) is 0 Å². The summed E-state index contributed by atoms with van der Waals surface area (Å²) in [5.41, 5.74) is 2.14. The lowest BCUT2D eigenvalue weighted by Crippen LogP contribution is -2.07. The zero-order valence-corrected chi connectivity index (χ0v) is 14.2. The van der Waals surface area contributed by atoms with Gasteiger partial charge in [0.1, 0.15) is 12.4 Å². The molecule has 0 saturated carbocycles. The minimum atomic E-state index is -0.355. The van der Waals surface area contributed by atoms with Crippen molar-refractivity contribution in [3.05, 3.63) is 65.2 Å². The quantitative estimate of drug-likeness (QED) is 0.443. The largest absolute Gasteiger partial charge is 0.497 e. The highest BCUT2D eigenvalue weighted by Gasteiger charge is 2.11. The van der Waals surface area contributed by atoms with Gasteiger partial charge in [-0.05, 0) is 36.2 Å². The first kappa shape index (κ1) is 17.6. The van der Waals surface area contributed by atoms with Gasteiger partial charge in [-0.25, -0.2) is 4.79 Å². The van der Waals surface area contributed by atoms with E-state index in [0.717, 1.165) is 30.6 Å². The van der Waals surface area contributed by atoms with E-state index in [1.165, 1.54) is 0 Å². The SMILES string of the molecule is CCCCC#Cc1ccccc1C(=O)OCc1ccc(OC)cc1. The Hall–Kier alpha value is -2.73. The molecular formula is C21H22O3. The molecule has 0 bridgehead atoms. The molecule has 2 rings (SSSR count). The van der Waals surface area contributed by atoms with E-state index in [1.807, 2.05) is 42.5 Å². The number of hydrogen-bond donors (Lipinski definition) is 0. The number of carbonyl (C=O) groups is 1. The van der Waals surface area contributed by atoms with Crippen molar-refractivity contribution in [1.29, 1.82) is 0 Å². The van der Waals surface area contributed by atoms with Crippen LogP contribution >= 0.6 is 0 Å². The Labute approximate surface area is 143 Å². The Kier molecular flexibility index (Phi) is 6.91. The number of unbranched alkanes of at least 4 members (excludes halogenated alkanes) is 2. The number of benzene rings is 2. The summed E-state index contributed by atoms with van der Waals surface area (Å²) in [4.78, 5) is 12.3. The summed E-state index contributed by atoms with van der Waals surface area (Å²) in [6.07, 6.45) is 3.02. The van der Waals surface area contributed by atoms with Gasteiger partial charge in [-0.3, -0.25) is 0 Å². The third-order valence-electron chi connectivity index (χ3n) is 3.55. The molecule has 0 aliphatic carbocycles. The Balaban J connectivity index is 2.01. The average molecular weight is 322 g/mol. The van der Waals surface area contributed by atoms with E-state index >= 15 is 0 Å². The smallest absolute Gasteiger partial charge is 0.339 e. The summed E-state index contributed by atoms with van der Waals surface area (Å²) in [6.45, 7) is 2.35. The Morgan fingerprint density at radius 3 is 2.54 bits per heavy atom. The van der Waals surface area contributed by atoms with Crippen LogP contribution in [0.15, 0.2) is 48.5 Å². The predicted octanol–water partition coefficient (Wildman–Crippen LogP) is 4.59. The van der Waals surface area contributed by atoms with Gasteiger partial charge in [0.05, 0.1) is 12.7 Å². The number of esters is 1. The standard InChI is InChI=1S/C21H22O3/c1-3-4-5-6-9-18-10-7-8-11-20(18)21(22)24-16-17-12-14-19(23-2)15-13-17/h7-8,10-15H,3-5,16H2,1-2H3. The highest BCUT2D eigenvalue weighted by atomic mass is 16.5. The van der Waals surface area contributed by atoms with E-state index in [-0.39, 0.29) is 12.6 Å². The lowest BCUT2D eigenvalue weighted by Gasteiger charge is -2.07. The maximum Gasteiger partial charge on any atom is 0.339 e. The van der Waals surface area contributed by atoms with Crippen molar-refractivity contribution in [2.45, 2.75) is 32.8 Å². The van der Waals surface area contributed by atoms with Gasteiger partial charge >= 0.3 is 5.97 Å². The van der Waals surface area contributed by atoms with Crippen molar-refractivity contribution in [1.82, 2.24) is 0 Å². The van der Waals surface area contributed by atoms with Crippen LogP contribution in [0, 0.1) is 11.8 Å². The van der Waals surface area contributed by atoms with Crippen molar-refractivity contribution >= 4 is 5.97 Å². The molecule has 0 radical (unpaired) electrons. The maximum atomic E-state index is 12.3. The van der Waals surface area contributed by atoms with Crippen LogP contribution < -0.4 is 4.74 Å². The van der Waals surface area contributed by atoms with Crippen molar-refractivity contribution in [2.24, 2.45) is 0 Å². The first-order valence-electron chi connectivity index (χ1n) is 8.12. The lowest BCUT2D eigenvalue weighted by atomic mass is 10.1. The molecule has 2 aromatic rings. The summed E-state index contributed by atoms with van der Waals surface area (Å²) < 4.78 is 10.5. The molecule has 3 nitrogen and oxygen atoms in total. The summed E-state index contributed by atoms with van der Waals surface area (Å²) >= 11 is 0. The number of methoxy groups -OCH3 is 1. The second-order valence-electron chi connectivity index (χ2n) is 5.38. The van der Waals surface area contributed by atoms with E-state index in [4.69, 9.17) is 9.47 Å². The van der Waals surface area contributed by atoms with E-state index in [1.54, 1.807) is 13.2 Å². The van der Waals surface area contributed by atoms with E-state index < -0.39 is 0 Å². The molecule has 0 spiro atoms. The molecule has 2 aromatic carbocycles. The highest BCUT2D eigenvalue weighted by molar-refractivity contribution is 5.92. The third-order valence-corrected chi connectivity index (χ3v) is 3.55. The second kappa shape index (κ2) is 9.42. The van der Waals surface area contributed by atoms with Gasteiger partial charge in [-0.15, -0.1) is 0 Å². The van der Waals surface area contributed by atoms with Crippen molar-refractivity contribution in [3.63, 3.8) is 0 Å². The van der Waals surface area contributed by atoms with Crippen LogP contribution in [0.4, 0.5) is 0 Å². The van der Waals surface area contributed by atoms with Crippen LogP contribution in [0.3, 0.4) is 0 Å². The molecule has 0 fully saturated rings.